The van der Waals surface area contributed by atoms with Crippen LogP contribution in [0.2, 0.25) is 0 Å². The third kappa shape index (κ3) is 3.53. The molecular weight excluding hydrogens is 265 g/mol. The van der Waals surface area contributed by atoms with Crippen molar-refractivity contribution in [1.82, 2.24) is 5.32 Å². The third-order valence-corrected chi connectivity index (χ3v) is 4.41. The molecule has 1 aliphatic rings. The Balaban J connectivity index is 1.41. The van der Waals surface area contributed by atoms with Crippen LogP contribution >= 0.6 is 0 Å². The first-order valence-electron chi connectivity index (χ1n) is 7.75. The molecule has 0 saturated heterocycles. The van der Waals surface area contributed by atoms with Gasteiger partial charge in [-0.15, -0.1) is 0 Å². The summed E-state index contributed by atoms with van der Waals surface area (Å²) in [5.74, 6) is 1.36. The molecule has 0 radical (unpaired) electrons. The van der Waals surface area contributed by atoms with E-state index in [0.717, 1.165) is 37.0 Å². The summed E-state index contributed by atoms with van der Waals surface area (Å²) in [4.78, 5) is 0. The molecular formula is C18H22FNO. The highest BCUT2D eigenvalue weighted by atomic mass is 19.1. The second-order valence-corrected chi connectivity index (χ2v) is 6.07. The number of furan rings is 1. The molecule has 1 unspecified atom stereocenters. The Morgan fingerprint density at radius 1 is 1.24 bits per heavy atom. The second kappa shape index (κ2) is 6.44. The summed E-state index contributed by atoms with van der Waals surface area (Å²) >= 11 is 0. The first-order valence-corrected chi connectivity index (χ1v) is 7.75. The van der Waals surface area contributed by atoms with Gasteiger partial charge in [0.25, 0.3) is 0 Å². The molecule has 1 fully saturated rings. The fourth-order valence-corrected chi connectivity index (χ4v) is 3.11. The summed E-state index contributed by atoms with van der Waals surface area (Å²) in [5, 5.41) is 3.63. The monoisotopic (exact) mass is 287 g/mol. The summed E-state index contributed by atoms with van der Waals surface area (Å²) in [6.07, 6.45) is 5.81. The molecule has 1 aromatic heterocycles. The van der Waals surface area contributed by atoms with E-state index in [1.165, 1.54) is 0 Å². The van der Waals surface area contributed by atoms with Gasteiger partial charge in [0.2, 0.25) is 0 Å². The van der Waals surface area contributed by atoms with E-state index in [9.17, 15) is 4.39 Å². The Labute approximate surface area is 125 Å². The first kappa shape index (κ1) is 14.3. The van der Waals surface area contributed by atoms with Gasteiger partial charge in [-0.05, 0) is 55.9 Å². The fourth-order valence-electron chi connectivity index (χ4n) is 3.11. The predicted molar refractivity (Wildman–Crippen MR) is 81.8 cm³/mol. The average molecular weight is 287 g/mol. The normalized spacial score (nSPS) is 22.8. The van der Waals surface area contributed by atoms with Crippen LogP contribution in [0.4, 0.5) is 4.39 Å². The number of rotatable bonds is 6. The summed E-state index contributed by atoms with van der Waals surface area (Å²) in [6, 6.07) is 12.1. The van der Waals surface area contributed by atoms with E-state index >= 15 is 0 Å². The van der Waals surface area contributed by atoms with Crippen LogP contribution in [-0.2, 0) is 6.42 Å². The van der Waals surface area contributed by atoms with Crippen molar-refractivity contribution in [3.05, 3.63) is 59.8 Å². The van der Waals surface area contributed by atoms with Crippen LogP contribution < -0.4 is 5.32 Å². The number of halogens is 1. The van der Waals surface area contributed by atoms with Gasteiger partial charge < -0.3 is 9.73 Å². The molecule has 21 heavy (non-hydrogen) atoms. The van der Waals surface area contributed by atoms with E-state index in [-0.39, 0.29) is 5.82 Å². The van der Waals surface area contributed by atoms with Crippen LogP contribution in [0.25, 0.3) is 0 Å². The van der Waals surface area contributed by atoms with Gasteiger partial charge in [-0.3, -0.25) is 0 Å². The van der Waals surface area contributed by atoms with E-state index in [0.29, 0.717) is 18.0 Å². The van der Waals surface area contributed by atoms with Gasteiger partial charge in [0, 0.05) is 18.5 Å². The molecule has 0 bridgehead atoms. The lowest BCUT2D eigenvalue weighted by atomic mass is 9.75. The molecule has 0 aliphatic heterocycles. The molecule has 1 aliphatic carbocycles. The third-order valence-electron chi connectivity index (χ3n) is 4.41. The molecule has 0 amide bonds. The van der Waals surface area contributed by atoms with Gasteiger partial charge in [-0.2, -0.15) is 0 Å². The van der Waals surface area contributed by atoms with Crippen molar-refractivity contribution in [1.29, 1.82) is 0 Å². The van der Waals surface area contributed by atoms with Crippen molar-refractivity contribution in [2.24, 2.45) is 0 Å². The van der Waals surface area contributed by atoms with Gasteiger partial charge >= 0.3 is 0 Å². The van der Waals surface area contributed by atoms with Crippen LogP contribution in [0.1, 0.15) is 43.4 Å². The number of hydrogen-bond donors (Lipinski definition) is 1. The van der Waals surface area contributed by atoms with Crippen LogP contribution in [0.3, 0.4) is 0 Å². The molecule has 3 rings (SSSR count). The van der Waals surface area contributed by atoms with Crippen LogP contribution in [0.5, 0.6) is 0 Å². The largest absolute Gasteiger partial charge is 0.469 e. The van der Waals surface area contributed by atoms with Crippen molar-refractivity contribution in [2.45, 2.75) is 50.6 Å². The van der Waals surface area contributed by atoms with E-state index in [1.807, 2.05) is 24.3 Å². The molecule has 1 N–H and O–H groups in total. The Morgan fingerprint density at radius 2 is 2.05 bits per heavy atom. The van der Waals surface area contributed by atoms with E-state index < -0.39 is 0 Å². The smallest absolute Gasteiger partial charge is 0.126 e. The molecule has 1 aromatic carbocycles. The topological polar surface area (TPSA) is 25.2 Å². The second-order valence-electron chi connectivity index (χ2n) is 6.07. The lowest BCUT2D eigenvalue weighted by Gasteiger charge is -2.38. The number of hydrogen-bond acceptors (Lipinski definition) is 2. The van der Waals surface area contributed by atoms with E-state index in [4.69, 9.17) is 4.42 Å². The van der Waals surface area contributed by atoms with Gasteiger partial charge in [-0.1, -0.05) is 18.2 Å². The number of aryl methyl sites for hydroxylation is 1. The van der Waals surface area contributed by atoms with Crippen molar-refractivity contribution >= 4 is 0 Å². The first-order chi connectivity index (χ1) is 10.2. The maximum atomic E-state index is 13.7. The SMILES string of the molecule is CC(CCc1ccco1)NC1CC(c2ccccc2F)C1. The van der Waals surface area contributed by atoms with Crippen LogP contribution in [0, 0.1) is 5.82 Å². The van der Waals surface area contributed by atoms with Crippen LogP contribution in [-0.4, -0.2) is 12.1 Å². The molecule has 2 aromatic rings. The Kier molecular flexibility index (Phi) is 4.39. The lowest BCUT2D eigenvalue weighted by Crippen LogP contribution is -2.44. The maximum absolute atomic E-state index is 13.7. The van der Waals surface area contributed by atoms with Gasteiger partial charge in [-0.25, -0.2) is 4.39 Å². The minimum atomic E-state index is -0.0631. The minimum Gasteiger partial charge on any atom is -0.469 e. The molecule has 1 saturated carbocycles. The zero-order valence-electron chi connectivity index (χ0n) is 12.4. The average Bonchev–Trinajstić information content (AvgIpc) is 2.94. The number of nitrogens with one attached hydrogen (secondary N) is 1. The predicted octanol–water partition coefficient (Wildman–Crippen LogP) is 4.28. The molecule has 1 atom stereocenters. The summed E-state index contributed by atoms with van der Waals surface area (Å²) in [6.45, 7) is 2.21. The lowest BCUT2D eigenvalue weighted by molar-refractivity contribution is 0.260. The highest BCUT2D eigenvalue weighted by molar-refractivity contribution is 5.24. The van der Waals surface area contributed by atoms with Gasteiger partial charge in [0.1, 0.15) is 11.6 Å². The standard InChI is InChI=1S/C18H22FNO/c1-13(8-9-16-5-4-10-21-16)20-15-11-14(12-15)17-6-2-3-7-18(17)19/h2-7,10,13-15,20H,8-9,11-12H2,1H3. The van der Waals surface area contributed by atoms with Crippen molar-refractivity contribution < 1.29 is 8.81 Å². The summed E-state index contributed by atoms with van der Waals surface area (Å²) < 4.78 is 19.0. The molecule has 0 spiro atoms. The molecule has 3 heteroatoms. The zero-order valence-corrected chi connectivity index (χ0v) is 12.4. The van der Waals surface area contributed by atoms with Gasteiger partial charge in [0.05, 0.1) is 6.26 Å². The van der Waals surface area contributed by atoms with Gasteiger partial charge in [0.15, 0.2) is 0 Å². The Bertz CT molecular complexity index is 560. The van der Waals surface area contributed by atoms with Crippen LogP contribution in [0.15, 0.2) is 47.1 Å². The zero-order chi connectivity index (χ0) is 14.7. The Hall–Kier alpha value is -1.61. The minimum absolute atomic E-state index is 0.0631. The maximum Gasteiger partial charge on any atom is 0.126 e. The highest BCUT2D eigenvalue weighted by Crippen LogP contribution is 2.38. The van der Waals surface area contributed by atoms with Crippen molar-refractivity contribution in [3.8, 4) is 0 Å². The molecule has 112 valence electrons. The fraction of sp³-hybridized carbons (Fsp3) is 0.444. The van der Waals surface area contributed by atoms with Crippen molar-refractivity contribution in [3.63, 3.8) is 0 Å². The highest BCUT2D eigenvalue weighted by Gasteiger charge is 2.32. The van der Waals surface area contributed by atoms with E-state index in [2.05, 4.69) is 12.2 Å². The quantitative estimate of drug-likeness (QED) is 0.858. The number of benzene rings is 1. The Morgan fingerprint density at radius 3 is 2.76 bits per heavy atom. The molecule has 2 nitrogen and oxygen atoms in total. The molecule has 1 heterocycles. The summed E-state index contributed by atoms with van der Waals surface area (Å²) in [5.41, 5.74) is 0.874. The van der Waals surface area contributed by atoms with Crippen molar-refractivity contribution in [2.75, 3.05) is 0 Å². The van der Waals surface area contributed by atoms with E-state index in [1.54, 1.807) is 18.4 Å². The summed E-state index contributed by atoms with van der Waals surface area (Å²) in [7, 11) is 0.